The Labute approximate surface area is 172 Å². The first-order chi connectivity index (χ1) is 14.1. The van der Waals surface area contributed by atoms with Gasteiger partial charge in [0.2, 0.25) is 0 Å². The van der Waals surface area contributed by atoms with Crippen LogP contribution in [0, 0.1) is 0 Å². The van der Waals surface area contributed by atoms with E-state index in [2.05, 4.69) is 34.5 Å². The van der Waals surface area contributed by atoms with Gasteiger partial charge >= 0.3 is 0 Å². The summed E-state index contributed by atoms with van der Waals surface area (Å²) in [4.78, 5) is 14.5. The van der Waals surface area contributed by atoms with Crippen molar-refractivity contribution in [1.82, 2.24) is 10.2 Å². The number of piperidine rings is 1. The Bertz CT molecular complexity index is 743. The van der Waals surface area contributed by atoms with Gasteiger partial charge in [0.25, 0.3) is 5.91 Å². The zero-order chi connectivity index (χ0) is 20.5. The van der Waals surface area contributed by atoms with E-state index in [0.717, 1.165) is 44.6 Å². The van der Waals surface area contributed by atoms with Gasteiger partial charge in [0.05, 0.1) is 12.7 Å². The standard InChI is InChI=1S/C23H30N2O4/c26-17-20(27)16-24-23(28)19-6-8-21(9-7-19)29-22-11-14-25(15-12-22)13-10-18-4-2-1-3-5-18/h1-9,20,22,26-27H,10-17H2,(H,24,28)/t20-/m0/s1. The summed E-state index contributed by atoms with van der Waals surface area (Å²) in [7, 11) is 0. The first-order valence-corrected chi connectivity index (χ1v) is 10.2. The van der Waals surface area contributed by atoms with E-state index in [1.807, 2.05) is 6.07 Å². The summed E-state index contributed by atoms with van der Waals surface area (Å²) in [6, 6.07) is 17.6. The van der Waals surface area contributed by atoms with Crippen LogP contribution in [0.1, 0.15) is 28.8 Å². The molecular weight excluding hydrogens is 368 g/mol. The molecule has 156 valence electrons. The fraction of sp³-hybridized carbons (Fsp3) is 0.435. The maximum absolute atomic E-state index is 12.0. The number of carbonyl (C=O) groups is 1. The van der Waals surface area contributed by atoms with Gasteiger partial charge in [0.1, 0.15) is 11.9 Å². The summed E-state index contributed by atoms with van der Waals surface area (Å²) in [5, 5.41) is 20.7. The quantitative estimate of drug-likeness (QED) is 0.601. The molecule has 0 aliphatic carbocycles. The number of benzene rings is 2. The summed E-state index contributed by atoms with van der Waals surface area (Å²) < 4.78 is 6.09. The molecule has 0 bridgehead atoms. The number of carbonyl (C=O) groups excluding carboxylic acids is 1. The molecule has 1 heterocycles. The molecule has 29 heavy (non-hydrogen) atoms. The SMILES string of the molecule is O=C(NC[C@H](O)CO)c1ccc(OC2CCN(CCc3ccccc3)CC2)cc1. The summed E-state index contributed by atoms with van der Waals surface area (Å²) in [5.41, 5.74) is 1.87. The molecule has 0 unspecified atom stereocenters. The molecule has 1 aliphatic heterocycles. The van der Waals surface area contributed by atoms with Crippen LogP contribution in [-0.2, 0) is 6.42 Å². The second-order valence-electron chi connectivity index (χ2n) is 7.47. The van der Waals surface area contributed by atoms with Crippen molar-refractivity contribution in [2.24, 2.45) is 0 Å². The van der Waals surface area contributed by atoms with Gasteiger partial charge in [-0.15, -0.1) is 0 Å². The molecule has 0 spiro atoms. The van der Waals surface area contributed by atoms with Crippen LogP contribution in [-0.4, -0.2) is 66.0 Å². The number of aliphatic hydroxyl groups excluding tert-OH is 2. The zero-order valence-electron chi connectivity index (χ0n) is 16.7. The molecule has 3 N–H and O–H groups in total. The predicted molar refractivity (Wildman–Crippen MR) is 112 cm³/mol. The first-order valence-electron chi connectivity index (χ1n) is 10.2. The molecule has 2 aromatic carbocycles. The molecule has 2 aromatic rings. The van der Waals surface area contributed by atoms with E-state index in [0.29, 0.717) is 5.56 Å². The average molecular weight is 399 g/mol. The van der Waals surface area contributed by atoms with Crippen molar-refractivity contribution < 1.29 is 19.7 Å². The van der Waals surface area contributed by atoms with Gasteiger partial charge in [-0.2, -0.15) is 0 Å². The lowest BCUT2D eigenvalue weighted by atomic mass is 10.1. The summed E-state index contributed by atoms with van der Waals surface area (Å²) >= 11 is 0. The van der Waals surface area contributed by atoms with Gasteiger partial charge < -0.3 is 25.2 Å². The number of nitrogens with one attached hydrogen (secondary N) is 1. The maximum Gasteiger partial charge on any atom is 0.251 e. The molecule has 6 nitrogen and oxygen atoms in total. The van der Waals surface area contributed by atoms with E-state index in [1.54, 1.807) is 24.3 Å². The van der Waals surface area contributed by atoms with Crippen molar-refractivity contribution >= 4 is 5.91 Å². The number of hydrogen-bond donors (Lipinski definition) is 3. The monoisotopic (exact) mass is 398 g/mol. The topological polar surface area (TPSA) is 82.0 Å². The fourth-order valence-electron chi connectivity index (χ4n) is 3.44. The highest BCUT2D eigenvalue weighted by Crippen LogP contribution is 2.20. The van der Waals surface area contributed by atoms with Crippen molar-refractivity contribution in [2.45, 2.75) is 31.5 Å². The Morgan fingerprint density at radius 1 is 1.10 bits per heavy atom. The second-order valence-corrected chi connectivity index (χ2v) is 7.47. The number of ether oxygens (including phenoxy) is 1. The minimum absolute atomic E-state index is 0.0242. The largest absolute Gasteiger partial charge is 0.490 e. The lowest BCUT2D eigenvalue weighted by Crippen LogP contribution is -2.39. The molecule has 1 saturated heterocycles. The van der Waals surface area contributed by atoms with Crippen LogP contribution in [0.2, 0.25) is 0 Å². The van der Waals surface area contributed by atoms with Crippen LogP contribution in [0.25, 0.3) is 0 Å². The second kappa shape index (κ2) is 11.0. The van der Waals surface area contributed by atoms with Crippen molar-refractivity contribution in [3.63, 3.8) is 0 Å². The summed E-state index contributed by atoms with van der Waals surface area (Å²) in [5.74, 6) is 0.482. The zero-order valence-corrected chi connectivity index (χ0v) is 16.7. The van der Waals surface area contributed by atoms with Gasteiger partial charge in [-0.25, -0.2) is 0 Å². The Morgan fingerprint density at radius 3 is 2.45 bits per heavy atom. The first kappa shape index (κ1) is 21.3. The lowest BCUT2D eigenvalue weighted by molar-refractivity contribution is 0.0802. The van der Waals surface area contributed by atoms with Crippen LogP contribution in [0.5, 0.6) is 5.75 Å². The molecule has 1 fully saturated rings. The maximum atomic E-state index is 12.0. The normalized spacial score (nSPS) is 16.3. The van der Waals surface area contributed by atoms with Crippen LogP contribution >= 0.6 is 0 Å². The van der Waals surface area contributed by atoms with Crippen LogP contribution < -0.4 is 10.1 Å². The average Bonchev–Trinajstić information content (AvgIpc) is 2.78. The highest BCUT2D eigenvalue weighted by atomic mass is 16.5. The molecule has 1 atom stereocenters. The predicted octanol–water partition coefficient (Wildman–Crippen LogP) is 1.86. The summed E-state index contributed by atoms with van der Waals surface area (Å²) in [6.07, 6.45) is 2.32. The number of hydrogen-bond acceptors (Lipinski definition) is 5. The molecule has 0 saturated carbocycles. The molecule has 1 amide bonds. The third kappa shape index (κ3) is 6.85. The number of likely N-dealkylation sites (tertiary alicyclic amines) is 1. The van der Waals surface area contributed by atoms with E-state index < -0.39 is 6.10 Å². The van der Waals surface area contributed by atoms with E-state index in [-0.39, 0.29) is 25.2 Å². The Hall–Kier alpha value is -2.41. The third-order valence-electron chi connectivity index (χ3n) is 5.22. The summed E-state index contributed by atoms with van der Waals surface area (Å²) in [6.45, 7) is 2.79. The van der Waals surface area contributed by atoms with E-state index >= 15 is 0 Å². The van der Waals surface area contributed by atoms with Crippen LogP contribution in [0.4, 0.5) is 0 Å². The lowest BCUT2D eigenvalue weighted by Gasteiger charge is -2.32. The van der Waals surface area contributed by atoms with Crippen molar-refractivity contribution in [3.05, 3.63) is 65.7 Å². The molecule has 0 radical (unpaired) electrons. The van der Waals surface area contributed by atoms with Gasteiger partial charge in [-0.05, 0) is 49.1 Å². The Morgan fingerprint density at radius 2 is 1.79 bits per heavy atom. The highest BCUT2D eigenvalue weighted by molar-refractivity contribution is 5.94. The number of amides is 1. The fourth-order valence-corrected chi connectivity index (χ4v) is 3.44. The van der Waals surface area contributed by atoms with Crippen molar-refractivity contribution in [1.29, 1.82) is 0 Å². The minimum Gasteiger partial charge on any atom is -0.490 e. The van der Waals surface area contributed by atoms with Gasteiger partial charge in [0, 0.05) is 31.7 Å². The Kier molecular flexibility index (Phi) is 8.04. The number of aliphatic hydroxyl groups is 2. The van der Waals surface area contributed by atoms with E-state index in [4.69, 9.17) is 9.84 Å². The van der Waals surface area contributed by atoms with Crippen molar-refractivity contribution in [3.8, 4) is 5.75 Å². The molecule has 0 aromatic heterocycles. The van der Waals surface area contributed by atoms with Crippen LogP contribution in [0.15, 0.2) is 54.6 Å². The van der Waals surface area contributed by atoms with Gasteiger partial charge in [0.15, 0.2) is 0 Å². The van der Waals surface area contributed by atoms with Gasteiger partial charge in [-0.3, -0.25) is 4.79 Å². The number of nitrogens with zero attached hydrogens (tertiary/aromatic N) is 1. The van der Waals surface area contributed by atoms with E-state index in [9.17, 15) is 9.90 Å². The molecule has 6 heteroatoms. The minimum atomic E-state index is -0.944. The number of rotatable bonds is 9. The third-order valence-corrected chi connectivity index (χ3v) is 5.22. The van der Waals surface area contributed by atoms with E-state index in [1.165, 1.54) is 5.56 Å². The van der Waals surface area contributed by atoms with Gasteiger partial charge in [-0.1, -0.05) is 30.3 Å². The molecule has 1 aliphatic rings. The Balaban J connectivity index is 1.39. The molecule has 3 rings (SSSR count). The highest BCUT2D eigenvalue weighted by Gasteiger charge is 2.20. The smallest absolute Gasteiger partial charge is 0.251 e. The molecular formula is C23H30N2O4. The van der Waals surface area contributed by atoms with Crippen LogP contribution in [0.3, 0.4) is 0 Å². The van der Waals surface area contributed by atoms with Crippen molar-refractivity contribution in [2.75, 3.05) is 32.8 Å².